The summed E-state index contributed by atoms with van der Waals surface area (Å²) in [6, 6.07) is 18.3. The molecular formula is C33H35N5O4. The summed E-state index contributed by atoms with van der Waals surface area (Å²) in [4.78, 5) is 50.1. The fraction of sp³-hybridized carbons (Fsp3) is 0.364. The molecule has 4 aromatic rings. The molecule has 2 unspecified atom stereocenters. The molecule has 3 N–H and O–H groups in total. The summed E-state index contributed by atoms with van der Waals surface area (Å²) in [6.07, 6.45) is 6.16. The fourth-order valence-electron chi connectivity index (χ4n) is 7.53. The largest absolute Gasteiger partial charge is 0.462 e. The minimum Gasteiger partial charge on any atom is -0.462 e. The van der Waals surface area contributed by atoms with Crippen molar-refractivity contribution in [3.63, 3.8) is 0 Å². The number of carbonyl (C=O) groups is 3. The van der Waals surface area contributed by atoms with Crippen molar-refractivity contribution in [3.05, 3.63) is 72.4 Å². The second-order valence-corrected chi connectivity index (χ2v) is 11.8. The number of benzene rings is 2. The predicted octanol–water partition coefficient (Wildman–Crippen LogP) is 6.21. The summed E-state index contributed by atoms with van der Waals surface area (Å²) in [7, 11) is 0. The maximum Gasteiger partial charge on any atom is 0.302 e. The average Bonchev–Trinajstić information content (AvgIpc) is 3.39. The summed E-state index contributed by atoms with van der Waals surface area (Å²) < 4.78 is 5.69. The van der Waals surface area contributed by atoms with Gasteiger partial charge in [-0.15, -0.1) is 0 Å². The Bertz CT molecular complexity index is 1630. The Labute approximate surface area is 244 Å². The summed E-state index contributed by atoms with van der Waals surface area (Å²) in [5.74, 6) is 1.84. The van der Waals surface area contributed by atoms with Crippen molar-refractivity contribution in [2.45, 2.75) is 52.6 Å². The van der Waals surface area contributed by atoms with Crippen LogP contribution in [0.3, 0.4) is 0 Å². The molecule has 0 spiro atoms. The van der Waals surface area contributed by atoms with Crippen LogP contribution in [0.5, 0.6) is 0 Å². The minimum absolute atomic E-state index is 0. The first-order chi connectivity index (χ1) is 19.8. The van der Waals surface area contributed by atoms with Gasteiger partial charge in [-0.3, -0.25) is 14.4 Å². The molecule has 2 aromatic heterocycles. The molecule has 9 nitrogen and oxygen atoms in total. The molecule has 0 aliphatic heterocycles. The van der Waals surface area contributed by atoms with Gasteiger partial charge in [0.2, 0.25) is 5.91 Å². The van der Waals surface area contributed by atoms with Crippen LogP contribution in [0.4, 0.5) is 11.5 Å². The molecule has 9 heteroatoms. The topological polar surface area (TPSA) is 126 Å². The molecule has 0 radical (unpaired) electrons. The molecule has 2 heterocycles. The Kier molecular flexibility index (Phi) is 7.04. The number of carbonyl (C=O) groups excluding carboxylic acids is 3. The predicted molar refractivity (Wildman–Crippen MR) is 161 cm³/mol. The third-order valence-electron chi connectivity index (χ3n) is 9.04. The number of rotatable bonds is 6. The Balaban J connectivity index is 0.00000316. The lowest BCUT2D eigenvalue weighted by Gasteiger charge is -2.58. The molecule has 2 amide bonds. The van der Waals surface area contributed by atoms with Gasteiger partial charge in [0.25, 0.3) is 5.91 Å². The van der Waals surface area contributed by atoms with Crippen LogP contribution < -0.4 is 10.6 Å². The molecule has 0 saturated heterocycles. The lowest BCUT2D eigenvalue weighted by atomic mass is 9.48. The molecule has 4 aliphatic carbocycles. The molecule has 216 valence electrons. The summed E-state index contributed by atoms with van der Waals surface area (Å²) in [6.45, 7) is 1.48. The number of H-pyrrole nitrogens is 1. The van der Waals surface area contributed by atoms with Gasteiger partial charge in [0.15, 0.2) is 0 Å². The number of nitrogens with one attached hydrogen (secondary N) is 3. The smallest absolute Gasteiger partial charge is 0.302 e. The highest BCUT2D eigenvalue weighted by molar-refractivity contribution is 6.05. The second kappa shape index (κ2) is 10.7. The van der Waals surface area contributed by atoms with Crippen LogP contribution in [0.2, 0.25) is 0 Å². The number of hydrogen-bond donors (Lipinski definition) is 3. The summed E-state index contributed by atoms with van der Waals surface area (Å²) in [5.41, 5.74) is 3.24. The Morgan fingerprint density at radius 3 is 2.40 bits per heavy atom. The first-order valence-corrected chi connectivity index (χ1v) is 14.2. The van der Waals surface area contributed by atoms with Crippen molar-refractivity contribution < 1.29 is 19.1 Å². The number of anilines is 2. The first-order valence-electron chi connectivity index (χ1n) is 14.2. The zero-order valence-corrected chi connectivity index (χ0v) is 22.7. The van der Waals surface area contributed by atoms with Gasteiger partial charge in [-0.2, -0.15) is 0 Å². The van der Waals surface area contributed by atoms with E-state index in [0.717, 1.165) is 54.4 Å². The van der Waals surface area contributed by atoms with Crippen LogP contribution in [-0.2, 0) is 14.3 Å². The molecule has 4 aliphatic rings. The summed E-state index contributed by atoms with van der Waals surface area (Å²) in [5, 5.41) is 5.97. The van der Waals surface area contributed by atoms with E-state index in [4.69, 9.17) is 4.74 Å². The Hall–Kier alpha value is -4.53. The van der Waals surface area contributed by atoms with Crippen LogP contribution >= 0.6 is 0 Å². The van der Waals surface area contributed by atoms with Gasteiger partial charge in [0.1, 0.15) is 17.7 Å². The van der Waals surface area contributed by atoms with E-state index in [1.54, 1.807) is 30.5 Å². The van der Waals surface area contributed by atoms with Gasteiger partial charge in [-0.25, -0.2) is 9.97 Å². The quantitative estimate of drug-likeness (QED) is 0.239. The normalized spacial score (nSPS) is 25.5. The lowest BCUT2D eigenvalue weighted by Crippen LogP contribution is -2.58. The molecule has 4 bridgehead atoms. The van der Waals surface area contributed by atoms with Gasteiger partial charge in [0.05, 0.1) is 16.4 Å². The molecule has 4 saturated carbocycles. The van der Waals surface area contributed by atoms with E-state index in [9.17, 15) is 14.4 Å². The van der Waals surface area contributed by atoms with E-state index in [-0.39, 0.29) is 48.6 Å². The molecule has 4 fully saturated rings. The number of fused-ring (bicyclic) bond motifs is 1. The van der Waals surface area contributed by atoms with E-state index in [1.807, 2.05) is 36.4 Å². The first kappa shape index (κ1) is 27.6. The number of nitrogens with zero attached hydrogens (tertiary/aromatic N) is 2. The molecule has 42 heavy (non-hydrogen) atoms. The van der Waals surface area contributed by atoms with Gasteiger partial charge in [-0.1, -0.05) is 13.5 Å². The van der Waals surface area contributed by atoms with E-state index in [2.05, 4.69) is 25.6 Å². The fourth-order valence-corrected chi connectivity index (χ4v) is 7.53. The molecular weight excluding hydrogens is 530 g/mol. The zero-order chi connectivity index (χ0) is 28.1. The molecule has 2 aromatic carbocycles. The van der Waals surface area contributed by atoms with Crippen LogP contribution in [0.25, 0.3) is 22.4 Å². The third kappa shape index (κ3) is 5.04. The number of aromatic nitrogens is 3. The number of imidazole rings is 1. The lowest BCUT2D eigenvalue weighted by molar-refractivity contribution is -0.181. The number of esters is 1. The van der Waals surface area contributed by atoms with Crippen LogP contribution in [0.1, 0.15) is 56.8 Å². The highest BCUT2D eigenvalue weighted by atomic mass is 16.5. The SMILES string of the molecule is C.CC(=O)OC1C2CC3CC1CC(C(=O)Nc1ccc(-c4nc5ccc(C(=O)Nc6ccccn6)cc5[nH]4)cc1)(C3)C2. The van der Waals surface area contributed by atoms with E-state index >= 15 is 0 Å². The summed E-state index contributed by atoms with van der Waals surface area (Å²) >= 11 is 0. The van der Waals surface area contributed by atoms with E-state index in [0.29, 0.717) is 23.1 Å². The van der Waals surface area contributed by atoms with Crippen molar-refractivity contribution >= 4 is 40.3 Å². The van der Waals surface area contributed by atoms with Crippen molar-refractivity contribution in [3.8, 4) is 11.4 Å². The number of hydrogen-bond acceptors (Lipinski definition) is 6. The number of amides is 2. The van der Waals surface area contributed by atoms with Gasteiger partial charge in [-0.05, 0) is 104 Å². The second-order valence-electron chi connectivity index (χ2n) is 11.8. The maximum atomic E-state index is 13.6. The van der Waals surface area contributed by atoms with Crippen molar-refractivity contribution in [2.75, 3.05) is 10.6 Å². The average molecular weight is 566 g/mol. The zero-order valence-electron chi connectivity index (χ0n) is 22.7. The molecule has 8 rings (SSSR count). The van der Waals surface area contributed by atoms with Crippen molar-refractivity contribution in [2.24, 2.45) is 23.2 Å². The maximum absolute atomic E-state index is 13.6. The minimum atomic E-state index is -0.384. The van der Waals surface area contributed by atoms with Gasteiger partial charge < -0.3 is 20.4 Å². The van der Waals surface area contributed by atoms with Crippen LogP contribution in [0, 0.1) is 23.2 Å². The number of ether oxygens (including phenoxy) is 1. The Morgan fingerprint density at radius 1 is 0.952 bits per heavy atom. The highest BCUT2D eigenvalue weighted by Crippen LogP contribution is 2.61. The van der Waals surface area contributed by atoms with Crippen LogP contribution in [0.15, 0.2) is 66.9 Å². The van der Waals surface area contributed by atoms with E-state index < -0.39 is 0 Å². The number of pyridine rings is 1. The molecule has 2 atom stereocenters. The van der Waals surface area contributed by atoms with E-state index in [1.165, 1.54) is 6.92 Å². The standard InChI is InChI=1S/C32H31N5O4.CH4/c1-18(38)41-28-22-12-19-13-23(28)17-32(15-19,16-22)31(40)34-24-8-5-20(6-9-24)29-35-25-10-7-21(14-26(25)36-29)30(39)37-27-4-2-3-11-33-27;/h2-11,14,19,22-23,28H,12-13,15-17H2,1H3,(H,34,40)(H,35,36)(H,33,37,39);1H4. The monoisotopic (exact) mass is 565 g/mol. The number of aromatic amines is 1. The van der Waals surface area contributed by atoms with Crippen molar-refractivity contribution in [1.82, 2.24) is 15.0 Å². The highest BCUT2D eigenvalue weighted by Gasteiger charge is 2.59. The van der Waals surface area contributed by atoms with Crippen LogP contribution in [-0.4, -0.2) is 38.8 Å². The van der Waals surface area contributed by atoms with Crippen molar-refractivity contribution in [1.29, 1.82) is 0 Å². The van der Waals surface area contributed by atoms with Gasteiger partial charge in [0, 0.05) is 29.9 Å². The van der Waals surface area contributed by atoms with Gasteiger partial charge >= 0.3 is 5.97 Å². The Morgan fingerprint density at radius 2 is 1.71 bits per heavy atom. The third-order valence-corrected chi connectivity index (χ3v) is 9.04.